The van der Waals surface area contributed by atoms with Crippen LogP contribution in [0.3, 0.4) is 0 Å². The Balaban J connectivity index is 1.66. The van der Waals surface area contributed by atoms with Crippen molar-refractivity contribution in [3.8, 4) is 21.8 Å². The van der Waals surface area contributed by atoms with Gasteiger partial charge < -0.3 is 10.1 Å². The van der Waals surface area contributed by atoms with Crippen molar-refractivity contribution in [1.82, 2.24) is 15.0 Å². The summed E-state index contributed by atoms with van der Waals surface area (Å²) >= 11 is 1.44. The SMILES string of the molecule is CCCS(=O)(=O)Nc1cccc(-c2nc(C(C)(C)C)sc2-c2ccnc(NCC3CCC(C=O)CC3)n2)c1F. The molecule has 3 aromatic rings. The molecule has 0 saturated heterocycles. The van der Waals surface area contributed by atoms with E-state index in [9.17, 15) is 13.2 Å². The Labute approximate surface area is 234 Å². The number of hydrogen-bond donors (Lipinski definition) is 2. The van der Waals surface area contributed by atoms with Crippen LogP contribution in [0.5, 0.6) is 0 Å². The number of nitrogens with zero attached hydrogens (tertiary/aromatic N) is 3. The number of aromatic nitrogens is 3. The lowest BCUT2D eigenvalue weighted by molar-refractivity contribution is -0.112. The Morgan fingerprint density at radius 3 is 2.54 bits per heavy atom. The summed E-state index contributed by atoms with van der Waals surface area (Å²) in [6.45, 7) is 8.59. The summed E-state index contributed by atoms with van der Waals surface area (Å²) in [5.41, 5.74) is 0.829. The highest BCUT2D eigenvalue weighted by molar-refractivity contribution is 7.92. The zero-order valence-electron chi connectivity index (χ0n) is 22.8. The average Bonchev–Trinajstić information content (AvgIpc) is 3.35. The quantitative estimate of drug-likeness (QED) is 0.275. The van der Waals surface area contributed by atoms with Crippen molar-refractivity contribution in [2.45, 2.75) is 65.2 Å². The Bertz CT molecular complexity index is 1410. The maximum Gasteiger partial charge on any atom is 0.232 e. The molecular weight excluding hydrogens is 537 g/mol. The first-order valence-electron chi connectivity index (χ1n) is 13.3. The van der Waals surface area contributed by atoms with Gasteiger partial charge in [-0.15, -0.1) is 11.3 Å². The lowest BCUT2D eigenvalue weighted by Crippen LogP contribution is -2.22. The minimum atomic E-state index is -3.67. The van der Waals surface area contributed by atoms with Gasteiger partial charge in [0.2, 0.25) is 16.0 Å². The summed E-state index contributed by atoms with van der Waals surface area (Å²) in [7, 11) is -3.67. The minimum absolute atomic E-state index is 0.0952. The molecule has 0 spiro atoms. The smallest absolute Gasteiger partial charge is 0.232 e. The van der Waals surface area contributed by atoms with Crippen LogP contribution in [0.25, 0.3) is 21.8 Å². The molecule has 1 saturated carbocycles. The number of anilines is 2. The lowest BCUT2D eigenvalue weighted by Gasteiger charge is -2.25. The molecule has 8 nitrogen and oxygen atoms in total. The topological polar surface area (TPSA) is 114 Å². The first-order valence-corrected chi connectivity index (χ1v) is 15.8. The zero-order valence-corrected chi connectivity index (χ0v) is 24.5. The zero-order chi connectivity index (χ0) is 28.2. The van der Waals surface area contributed by atoms with Gasteiger partial charge >= 0.3 is 0 Å². The van der Waals surface area contributed by atoms with Gasteiger partial charge in [-0.2, -0.15) is 0 Å². The molecule has 1 aliphatic rings. The maximum absolute atomic E-state index is 15.8. The van der Waals surface area contributed by atoms with Crippen LogP contribution in [0, 0.1) is 17.7 Å². The summed E-state index contributed by atoms with van der Waals surface area (Å²) < 4.78 is 42.8. The van der Waals surface area contributed by atoms with E-state index < -0.39 is 15.8 Å². The standard InChI is InChI=1S/C28H36FN5O3S2/c1-5-15-39(36,37)34-21-8-6-7-20(23(21)29)24-25(38-26(33-24)28(2,3)4)22-13-14-30-27(32-22)31-16-18-9-11-19(17-35)12-10-18/h6-8,13-14,17-19,34H,5,9-12,15-16H2,1-4H3,(H,30,31,32). The molecule has 11 heteroatoms. The van der Waals surface area contributed by atoms with Gasteiger partial charge in [0.1, 0.15) is 6.29 Å². The fraction of sp³-hybridized carbons (Fsp3) is 0.500. The molecule has 39 heavy (non-hydrogen) atoms. The Hall–Kier alpha value is -2.92. The minimum Gasteiger partial charge on any atom is -0.354 e. The van der Waals surface area contributed by atoms with Crippen LogP contribution >= 0.6 is 11.3 Å². The highest BCUT2D eigenvalue weighted by atomic mass is 32.2. The fourth-order valence-electron chi connectivity index (χ4n) is 4.61. The molecule has 0 atom stereocenters. The number of nitrogens with one attached hydrogen (secondary N) is 2. The van der Waals surface area contributed by atoms with Crippen LogP contribution in [0.4, 0.5) is 16.0 Å². The van der Waals surface area contributed by atoms with Gasteiger partial charge in [0.05, 0.1) is 32.7 Å². The van der Waals surface area contributed by atoms with E-state index in [4.69, 9.17) is 9.97 Å². The Morgan fingerprint density at radius 2 is 1.87 bits per heavy atom. The van der Waals surface area contributed by atoms with Gasteiger partial charge in [0.15, 0.2) is 5.82 Å². The average molecular weight is 574 g/mol. The number of benzene rings is 1. The third-order valence-corrected chi connectivity index (χ3v) is 9.76. The second-order valence-electron chi connectivity index (χ2n) is 11.1. The number of hydrogen-bond acceptors (Lipinski definition) is 8. The Morgan fingerprint density at radius 1 is 1.13 bits per heavy atom. The number of thiazole rings is 1. The first kappa shape index (κ1) is 29.1. The predicted molar refractivity (Wildman–Crippen MR) is 155 cm³/mol. The molecule has 4 rings (SSSR count). The van der Waals surface area contributed by atoms with E-state index in [0.29, 0.717) is 41.1 Å². The molecule has 1 fully saturated rings. The van der Waals surface area contributed by atoms with Crippen LogP contribution in [-0.2, 0) is 20.2 Å². The molecule has 0 bridgehead atoms. The molecular formula is C28H36FN5O3S2. The van der Waals surface area contributed by atoms with Crippen molar-refractivity contribution in [2.24, 2.45) is 11.8 Å². The summed E-state index contributed by atoms with van der Waals surface area (Å²) in [5, 5.41) is 4.14. The van der Waals surface area contributed by atoms with E-state index in [-0.39, 0.29) is 28.3 Å². The van der Waals surface area contributed by atoms with Gasteiger partial charge in [-0.25, -0.2) is 27.8 Å². The molecule has 2 aromatic heterocycles. The summed E-state index contributed by atoms with van der Waals surface area (Å²) in [5.74, 6) is 0.324. The third kappa shape index (κ3) is 7.19. The van der Waals surface area contributed by atoms with E-state index in [1.54, 1.807) is 31.3 Å². The largest absolute Gasteiger partial charge is 0.354 e. The van der Waals surface area contributed by atoms with E-state index in [2.05, 4.69) is 15.0 Å². The fourth-order valence-corrected chi connectivity index (χ4v) is 6.85. The normalized spacial score (nSPS) is 18.1. The van der Waals surface area contributed by atoms with E-state index >= 15 is 4.39 Å². The number of sulfonamides is 1. The molecule has 1 aliphatic carbocycles. The maximum atomic E-state index is 15.8. The van der Waals surface area contributed by atoms with Gasteiger partial charge in [-0.3, -0.25) is 4.72 Å². The number of carbonyl (C=O) groups is 1. The van der Waals surface area contributed by atoms with Crippen LogP contribution in [0.1, 0.15) is 64.8 Å². The van der Waals surface area contributed by atoms with Crippen molar-refractivity contribution in [2.75, 3.05) is 22.3 Å². The van der Waals surface area contributed by atoms with E-state index in [1.165, 1.54) is 17.4 Å². The molecule has 0 radical (unpaired) electrons. The molecule has 2 heterocycles. The summed E-state index contributed by atoms with van der Waals surface area (Å²) in [4.78, 5) is 25.7. The van der Waals surface area contributed by atoms with Crippen LogP contribution in [-0.4, -0.2) is 42.0 Å². The highest BCUT2D eigenvalue weighted by Gasteiger charge is 2.27. The number of rotatable bonds is 10. The van der Waals surface area contributed by atoms with E-state index in [0.717, 1.165) is 37.0 Å². The molecule has 2 N–H and O–H groups in total. The van der Waals surface area contributed by atoms with Gasteiger partial charge in [0.25, 0.3) is 0 Å². The van der Waals surface area contributed by atoms with Crippen molar-refractivity contribution in [3.63, 3.8) is 0 Å². The first-order chi connectivity index (χ1) is 18.5. The number of halogens is 1. The molecule has 210 valence electrons. The molecule has 0 aliphatic heterocycles. The van der Waals surface area contributed by atoms with Crippen molar-refractivity contribution in [3.05, 3.63) is 41.3 Å². The summed E-state index contributed by atoms with van der Waals surface area (Å²) in [6, 6.07) is 6.41. The summed E-state index contributed by atoms with van der Waals surface area (Å²) in [6.07, 6.45) is 6.95. The molecule has 0 amide bonds. The second-order valence-corrected chi connectivity index (χ2v) is 13.9. The van der Waals surface area contributed by atoms with Crippen LogP contribution in [0.15, 0.2) is 30.5 Å². The Kier molecular flexibility index (Phi) is 9.00. The second kappa shape index (κ2) is 12.1. The monoisotopic (exact) mass is 573 g/mol. The molecule has 0 unspecified atom stereocenters. The van der Waals surface area contributed by atoms with E-state index in [1.807, 2.05) is 20.8 Å². The van der Waals surface area contributed by atoms with Gasteiger partial charge in [-0.1, -0.05) is 33.8 Å². The predicted octanol–water partition coefficient (Wildman–Crippen LogP) is 6.27. The van der Waals surface area contributed by atoms with Crippen molar-refractivity contribution in [1.29, 1.82) is 0 Å². The van der Waals surface area contributed by atoms with Gasteiger partial charge in [-0.05, 0) is 56.2 Å². The number of carbonyl (C=O) groups excluding carboxylic acids is 1. The highest BCUT2D eigenvalue weighted by Crippen LogP contribution is 2.42. The number of aldehydes is 1. The molecule has 1 aromatic carbocycles. The third-order valence-electron chi connectivity index (χ3n) is 6.78. The van der Waals surface area contributed by atoms with Crippen LogP contribution < -0.4 is 10.0 Å². The van der Waals surface area contributed by atoms with Crippen LogP contribution in [0.2, 0.25) is 0 Å². The van der Waals surface area contributed by atoms with Crippen molar-refractivity contribution < 1.29 is 17.6 Å². The lowest BCUT2D eigenvalue weighted by atomic mass is 9.83. The van der Waals surface area contributed by atoms with Gasteiger partial charge in [0, 0.05) is 29.6 Å². The van der Waals surface area contributed by atoms with Crippen molar-refractivity contribution >= 4 is 39.3 Å².